The minimum Gasteiger partial charge on any atom is -0.384 e. The molecule has 0 amide bonds. The van der Waals surface area contributed by atoms with Gasteiger partial charge in [-0.05, 0) is 25.8 Å². The van der Waals surface area contributed by atoms with Crippen LogP contribution in [0.5, 0.6) is 0 Å². The van der Waals surface area contributed by atoms with Crippen molar-refractivity contribution in [2.75, 3.05) is 5.73 Å². The summed E-state index contributed by atoms with van der Waals surface area (Å²) in [6.45, 7) is 8.22. The van der Waals surface area contributed by atoms with Gasteiger partial charge in [-0.15, -0.1) is 0 Å². The molecule has 96 valence electrons. The maximum absolute atomic E-state index is 5.81. The summed E-state index contributed by atoms with van der Waals surface area (Å²) in [4.78, 5) is 8.66. The Balaban J connectivity index is 2.58. The lowest BCUT2D eigenvalue weighted by Gasteiger charge is -2.06. The van der Waals surface area contributed by atoms with Crippen molar-refractivity contribution in [3.05, 3.63) is 28.8 Å². The Morgan fingerprint density at radius 3 is 2.44 bits per heavy atom. The van der Waals surface area contributed by atoms with Crippen LogP contribution in [0.25, 0.3) is 5.82 Å². The van der Waals surface area contributed by atoms with Crippen LogP contribution in [0.2, 0.25) is 0 Å². The normalized spacial score (nSPS) is 10.9. The van der Waals surface area contributed by atoms with Gasteiger partial charge in [0.2, 0.25) is 0 Å². The highest BCUT2D eigenvalue weighted by Crippen LogP contribution is 2.18. The van der Waals surface area contributed by atoms with Gasteiger partial charge >= 0.3 is 0 Å². The van der Waals surface area contributed by atoms with Crippen LogP contribution in [-0.2, 0) is 12.8 Å². The molecule has 0 fully saturated rings. The minimum atomic E-state index is 0.488. The Hall–Kier alpha value is -1.91. The number of aryl methyl sites for hydroxylation is 2. The number of rotatable bonds is 3. The van der Waals surface area contributed by atoms with Crippen molar-refractivity contribution in [3.63, 3.8) is 0 Å². The molecule has 0 unspecified atom stereocenters. The first-order chi connectivity index (χ1) is 8.56. The van der Waals surface area contributed by atoms with E-state index in [9.17, 15) is 0 Å². The topological polar surface area (TPSA) is 69.6 Å². The second kappa shape index (κ2) is 4.76. The molecule has 2 aromatic heterocycles. The van der Waals surface area contributed by atoms with E-state index in [2.05, 4.69) is 28.9 Å². The van der Waals surface area contributed by atoms with Gasteiger partial charge in [0.05, 0.1) is 5.69 Å². The summed E-state index contributed by atoms with van der Waals surface area (Å²) in [6, 6.07) is 1.76. The predicted molar refractivity (Wildman–Crippen MR) is 71.8 cm³/mol. The van der Waals surface area contributed by atoms with E-state index in [1.165, 1.54) is 5.56 Å². The Morgan fingerprint density at radius 2 is 1.89 bits per heavy atom. The lowest BCUT2D eigenvalue weighted by atomic mass is 10.1. The molecule has 18 heavy (non-hydrogen) atoms. The summed E-state index contributed by atoms with van der Waals surface area (Å²) in [5, 5.41) is 4.54. The van der Waals surface area contributed by atoms with E-state index in [4.69, 9.17) is 5.73 Å². The second-order valence-corrected chi connectivity index (χ2v) is 4.34. The number of hydrogen-bond acceptors (Lipinski definition) is 4. The number of hydrogen-bond donors (Lipinski definition) is 1. The van der Waals surface area contributed by atoms with Gasteiger partial charge in [-0.2, -0.15) is 5.10 Å². The van der Waals surface area contributed by atoms with E-state index in [-0.39, 0.29) is 0 Å². The van der Waals surface area contributed by atoms with Crippen molar-refractivity contribution >= 4 is 5.82 Å². The molecule has 5 heteroatoms. The first-order valence-corrected chi connectivity index (χ1v) is 6.25. The molecule has 5 nitrogen and oxygen atoms in total. The molecule has 0 atom stereocenters. The molecular formula is C13H19N5. The molecule has 0 aliphatic rings. The van der Waals surface area contributed by atoms with Crippen molar-refractivity contribution in [3.8, 4) is 5.82 Å². The lowest BCUT2D eigenvalue weighted by Crippen LogP contribution is -2.07. The van der Waals surface area contributed by atoms with Gasteiger partial charge in [0, 0.05) is 18.2 Å². The summed E-state index contributed by atoms with van der Waals surface area (Å²) in [7, 11) is 0. The van der Waals surface area contributed by atoms with Gasteiger partial charge in [-0.1, -0.05) is 13.8 Å². The van der Waals surface area contributed by atoms with Crippen molar-refractivity contribution in [2.24, 2.45) is 0 Å². The van der Waals surface area contributed by atoms with Crippen LogP contribution in [-0.4, -0.2) is 19.7 Å². The van der Waals surface area contributed by atoms with Crippen LogP contribution in [0.1, 0.15) is 36.6 Å². The largest absolute Gasteiger partial charge is 0.384 e. The highest BCUT2D eigenvalue weighted by Gasteiger charge is 2.13. The van der Waals surface area contributed by atoms with Gasteiger partial charge in [0.15, 0.2) is 5.82 Å². The fraction of sp³-hybridized carbons (Fsp3) is 0.462. The number of nitrogen functional groups attached to an aromatic ring is 1. The van der Waals surface area contributed by atoms with Crippen LogP contribution in [0.15, 0.2) is 6.07 Å². The molecule has 2 heterocycles. The van der Waals surface area contributed by atoms with E-state index < -0.39 is 0 Å². The van der Waals surface area contributed by atoms with Gasteiger partial charge in [0.25, 0.3) is 0 Å². The summed E-state index contributed by atoms with van der Waals surface area (Å²) in [6.07, 6.45) is 1.73. The van der Waals surface area contributed by atoms with Crippen LogP contribution in [0, 0.1) is 13.8 Å². The first kappa shape index (κ1) is 12.5. The zero-order chi connectivity index (χ0) is 13.3. The molecule has 2 rings (SSSR count). The third-order valence-corrected chi connectivity index (χ3v) is 3.11. The van der Waals surface area contributed by atoms with Crippen LogP contribution in [0.4, 0.5) is 5.82 Å². The molecule has 0 aromatic carbocycles. The Morgan fingerprint density at radius 1 is 1.17 bits per heavy atom. The maximum Gasteiger partial charge on any atom is 0.159 e. The summed E-state index contributed by atoms with van der Waals surface area (Å²) in [5.74, 6) is 1.98. The molecule has 0 aliphatic heterocycles. The second-order valence-electron chi connectivity index (χ2n) is 4.34. The molecule has 0 aliphatic carbocycles. The SMILES string of the molecule is CCc1nc(N)cc(-n2nc(C)c(CC)c2C)n1. The fourth-order valence-corrected chi connectivity index (χ4v) is 2.18. The molecule has 0 saturated heterocycles. The first-order valence-electron chi connectivity index (χ1n) is 6.25. The van der Waals surface area contributed by atoms with E-state index in [0.29, 0.717) is 5.82 Å². The van der Waals surface area contributed by atoms with E-state index >= 15 is 0 Å². The van der Waals surface area contributed by atoms with E-state index in [0.717, 1.165) is 35.9 Å². The molecule has 2 N–H and O–H groups in total. The number of nitrogens with two attached hydrogens (primary N) is 1. The Labute approximate surface area is 107 Å². The quantitative estimate of drug-likeness (QED) is 0.897. The van der Waals surface area contributed by atoms with Crippen molar-refractivity contribution < 1.29 is 0 Å². The average molecular weight is 245 g/mol. The van der Waals surface area contributed by atoms with Crippen molar-refractivity contribution in [1.29, 1.82) is 0 Å². The number of anilines is 1. The zero-order valence-electron chi connectivity index (χ0n) is 11.4. The highest BCUT2D eigenvalue weighted by atomic mass is 15.3. The lowest BCUT2D eigenvalue weighted by molar-refractivity contribution is 0.784. The van der Waals surface area contributed by atoms with Crippen molar-refractivity contribution in [1.82, 2.24) is 19.7 Å². The molecule has 0 bridgehead atoms. The highest BCUT2D eigenvalue weighted by molar-refractivity contribution is 5.40. The van der Waals surface area contributed by atoms with Gasteiger partial charge in [-0.3, -0.25) is 0 Å². The monoisotopic (exact) mass is 245 g/mol. The summed E-state index contributed by atoms with van der Waals surface area (Å²) in [5.41, 5.74) is 9.24. The fourth-order valence-electron chi connectivity index (χ4n) is 2.18. The summed E-state index contributed by atoms with van der Waals surface area (Å²) < 4.78 is 1.85. The van der Waals surface area contributed by atoms with Crippen LogP contribution in [0.3, 0.4) is 0 Å². The van der Waals surface area contributed by atoms with Gasteiger partial charge < -0.3 is 5.73 Å². The minimum absolute atomic E-state index is 0.488. The van der Waals surface area contributed by atoms with Gasteiger partial charge in [0.1, 0.15) is 11.6 Å². The Bertz CT molecular complexity index is 571. The van der Waals surface area contributed by atoms with Gasteiger partial charge in [-0.25, -0.2) is 14.6 Å². The predicted octanol–water partition coefficient (Wildman–Crippen LogP) is 1.99. The zero-order valence-corrected chi connectivity index (χ0v) is 11.4. The molecule has 0 saturated carbocycles. The molecule has 2 aromatic rings. The standard InChI is InChI=1S/C13H19N5/c1-5-10-8(3)17-18(9(10)4)13-7-11(14)15-12(6-2)16-13/h7H,5-6H2,1-4H3,(H2,14,15,16). The van der Waals surface area contributed by atoms with Crippen molar-refractivity contribution in [2.45, 2.75) is 40.5 Å². The Kier molecular flexibility index (Phi) is 3.32. The smallest absolute Gasteiger partial charge is 0.159 e. The molecular weight excluding hydrogens is 226 g/mol. The van der Waals surface area contributed by atoms with Crippen LogP contribution >= 0.6 is 0 Å². The van der Waals surface area contributed by atoms with E-state index in [1.807, 2.05) is 18.5 Å². The average Bonchev–Trinajstić information content (AvgIpc) is 2.63. The molecule has 0 spiro atoms. The maximum atomic E-state index is 5.81. The third kappa shape index (κ3) is 2.08. The third-order valence-electron chi connectivity index (χ3n) is 3.11. The van der Waals surface area contributed by atoms with Crippen LogP contribution < -0.4 is 5.73 Å². The van der Waals surface area contributed by atoms with E-state index in [1.54, 1.807) is 6.07 Å². The number of nitrogens with zero attached hydrogens (tertiary/aromatic N) is 4. The molecule has 0 radical (unpaired) electrons. The summed E-state index contributed by atoms with van der Waals surface area (Å²) >= 11 is 0. The number of aromatic nitrogens is 4.